The molecule has 2 aromatic heterocycles. The summed E-state index contributed by atoms with van der Waals surface area (Å²) in [6.45, 7) is 4.35. The Morgan fingerprint density at radius 2 is 1.88 bits per heavy atom. The molecule has 24 heavy (non-hydrogen) atoms. The number of aryl methyl sites for hydroxylation is 1. The normalized spacial score (nSPS) is 14.7. The van der Waals surface area contributed by atoms with Crippen molar-refractivity contribution in [1.82, 2.24) is 14.4 Å². The fourth-order valence-electron chi connectivity index (χ4n) is 3.49. The van der Waals surface area contributed by atoms with Crippen LogP contribution in [0.25, 0.3) is 5.78 Å². The number of hydrogen-bond donors (Lipinski definition) is 0. The van der Waals surface area contributed by atoms with Crippen LogP contribution in [0, 0.1) is 6.92 Å². The van der Waals surface area contributed by atoms with Gasteiger partial charge in [0.2, 0.25) is 5.78 Å². The summed E-state index contributed by atoms with van der Waals surface area (Å²) in [5.41, 5.74) is 3.74. The van der Waals surface area contributed by atoms with E-state index in [-0.39, 0.29) is 0 Å². The molecule has 0 spiro atoms. The van der Waals surface area contributed by atoms with Gasteiger partial charge in [-0.2, -0.15) is 0 Å². The lowest BCUT2D eigenvalue weighted by molar-refractivity contribution is 0.876. The summed E-state index contributed by atoms with van der Waals surface area (Å²) in [5.74, 6) is 2.08. The maximum absolute atomic E-state index is 4.72. The first-order valence-electron chi connectivity index (χ1n) is 8.46. The number of hydrogen-bond acceptors (Lipinski definition) is 4. The first kappa shape index (κ1) is 15.5. The van der Waals surface area contributed by atoms with Gasteiger partial charge >= 0.3 is 0 Å². The van der Waals surface area contributed by atoms with Crippen LogP contribution in [-0.4, -0.2) is 33.7 Å². The molecule has 0 saturated carbocycles. The molecule has 1 aromatic carbocycles. The van der Waals surface area contributed by atoms with Crippen LogP contribution >= 0.6 is 11.8 Å². The van der Waals surface area contributed by atoms with Crippen LogP contribution in [0.2, 0.25) is 0 Å². The summed E-state index contributed by atoms with van der Waals surface area (Å²) >= 11 is 1.78. The standard InChI is InChI=1S/C19H22N4S/c1-14-17(13-15-5-7-16(24-2)8-6-15)18(22-10-3-4-11-22)23-12-9-20-19(23)21-14/h5-9,12H,3-4,10-11,13H2,1-2H3. The van der Waals surface area contributed by atoms with Crippen molar-refractivity contribution in [2.75, 3.05) is 24.2 Å². The molecule has 5 heteroatoms. The lowest BCUT2D eigenvalue weighted by Gasteiger charge is -2.24. The second-order valence-electron chi connectivity index (χ2n) is 6.32. The predicted octanol–water partition coefficient (Wildman–Crippen LogP) is 3.95. The number of aromatic nitrogens is 3. The molecule has 0 bridgehead atoms. The van der Waals surface area contributed by atoms with Crippen molar-refractivity contribution in [3.63, 3.8) is 0 Å². The smallest absolute Gasteiger partial charge is 0.235 e. The van der Waals surface area contributed by atoms with E-state index < -0.39 is 0 Å². The highest BCUT2D eigenvalue weighted by Gasteiger charge is 2.21. The van der Waals surface area contributed by atoms with E-state index in [9.17, 15) is 0 Å². The highest BCUT2D eigenvalue weighted by Crippen LogP contribution is 2.29. The van der Waals surface area contributed by atoms with Gasteiger partial charge in [0.05, 0.1) is 0 Å². The van der Waals surface area contributed by atoms with Crippen LogP contribution in [0.3, 0.4) is 0 Å². The van der Waals surface area contributed by atoms with Crippen LogP contribution in [0.5, 0.6) is 0 Å². The third kappa shape index (κ3) is 2.77. The first-order valence-corrected chi connectivity index (χ1v) is 9.69. The van der Waals surface area contributed by atoms with Crippen molar-refractivity contribution in [3.8, 4) is 0 Å². The zero-order valence-corrected chi connectivity index (χ0v) is 15.0. The summed E-state index contributed by atoms with van der Waals surface area (Å²) in [7, 11) is 0. The monoisotopic (exact) mass is 338 g/mol. The molecule has 1 aliphatic heterocycles. The highest BCUT2D eigenvalue weighted by atomic mass is 32.2. The van der Waals surface area contributed by atoms with E-state index in [4.69, 9.17) is 4.98 Å². The molecule has 3 heterocycles. The minimum atomic E-state index is 0.802. The lowest BCUT2D eigenvalue weighted by atomic mass is 10.0. The highest BCUT2D eigenvalue weighted by molar-refractivity contribution is 7.98. The Kier molecular flexibility index (Phi) is 4.19. The van der Waals surface area contributed by atoms with Crippen molar-refractivity contribution in [2.45, 2.75) is 31.1 Å². The van der Waals surface area contributed by atoms with E-state index >= 15 is 0 Å². The van der Waals surface area contributed by atoms with Crippen LogP contribution in [0.4, 0.5) is 5.82 Å². The van der Waals surface area contributed by atoms with E-state index in [1.54, 1.807) is 11.8 Å². The minimum Gasteiger partial charge on any atom is -0.357 e. The molecule has 4 rings (SSSR count). The summed E-state index contributed by atoms with van der Waals surface area (Å²) < 4.78 is 2.16. The van der Waals surface area contributed by atoms with Gasteiger partial charge in [-0.1, -0.05) is 12.1 Å². The van der Waals surface area contributed by atoms with Crippen LogP contribution in [0.1, 0.15) is 29.7 Å². The van der Waals surface area contributed by atoms with Gasteiger partial charge in [0, 0.05) is 48.1 Å². The van der Waals surface area contributed by atoms with Gasteiger partial charge < -0.3 is 4.90 Å². The Labute approximate surface area is 146 Å². The Bertz CT molecular complexity index is 848. The van der Waals surface area contributed by atoms with E-state index in [0.29, 0.717) is 0 Å². The minimum absolute atomic E-state index is 0.802. The molecular formula is C19H22N4S. The fourth-order valence-corrected chi connectivity index (χ4v) is 3.90. The molecule has 0 amide bonds. The van der Waals surface area contributed by atoms with Gasteiger partial charge in [-0.05, 0) is 43.7 Å². The van der Waals surface area contributed by atoms with Gasteiger partial charge in [-0.3, -0.25) is 4.40 Å². The predicted molar refractivity (Wildman–Crippen MR) is 100 cm³/mol. The molecule has 0 radical (unpaired) electrons. The van der Waals surface area contributed by atoms with Crippen molar-refractivity contribution < 1.29 is 0 Å². The molecule has 1 fully saturated rings. The van der Waals surface area contributed by atoms with E-state index in [2.05, 4.69) is 51.7 Å². The van der Waals surface area contributed by atoms with E-state index in [1.807, 2.05) is 12.4 Å². The van der Waals surface area contributed by atoms with Gasteiger partial charge in [-0.25, -0.2) is 9.97 Å². The number of imidazole rings is 1. The van der Waals surface area contributed by atoms with E-state index in [1.165, 1.54) is 34.7 Å². The van der Waals surface area contributed by atoms with Gasteiger partial charge in [0.1, 0.15) is 5.82 Å². The molecule has 0 atom stereocenters. The average molecular weight is 338 g/mol. The Hall–Kier alpha value is -2.01. The molecule has 124 valence electrons. The van der Waals surface area contributed by atoms with Crippen molar-refractivity contribution in [3.05, 3.63) is 53.5 Å². The topological polar surface area (TPSA) is 33.4 Å². The van der Waals surface area contributed by atoms with Gasteiger partial charge in [0.25, 0.3) is 0 Å². The second kappa shape index (κ2) is 6.48. The quantitative estimate of drug-likeness (QED) is 0.675. The van der Waals surface area contributed by atoms with Crippen LogP contribution < -0.4 is 4.90 Å². The van der Waals surface area contributed by atoms with E-state index in [0.717, 1.165) is 31.0 Å². The molecular weight excluding hydrogens is 316 g/mol. The molecule has 0 aliphatic carbocycles. The summed E-state index contributed by atoms with van der Waals surface area (Å²) in [6, 6.07) is 8.87. The largest absolute Gasteiger partial charge is 0.357 e. The maximum Gasteiger partial charge on any atom is 0.235 e. The van der Waals surface area contributed by atoms with Crippen LogP contribution in [-0.2, 0) is 6.42 Å². The number of anilines is 1. The number of benzene rings is 1. The average Bonchev–Trinajstić information content (AvgIpc) is 3.27. The zero-order valence-electron chi connectivity index (χ0n) is 14.2. The Morgan fingerprint density at radius 3 is 2.58 bits per heavy atom. The molecule has 1 saturated heterocycles. The maximum atomic E-state index is 4.72. The second-order valence-corrected chi connectivity index (χ2v) is 7.20. The van der Waals surface area contributed by atoms with Gasteiger partial charge in [-0.15, -0.1) is 11.8 Å². The Balaban J connectivity index is 1.80. The molecule has 3 aromatic rings. The van der Waals surface area contributed by atoms with Crippen LogP contribution in [0.15, 0.2) is 41.6 Å². The molecule has 4 nitrogen and oxygen atoms in total. The van der Waals surface area contributed by atoms with Gasteiger partial charge in [0.15, 0.2) is 0 Å². The molecule has 1 aliphatic rings. The SMILES string of the molecule is CSc1ccc(Cc2c(C)nc3nccn3c2N2CCCC2)cc1. The zero-order chi connectivity index (χ0) is 16.5. The summed E-state index contributed by atoms with van der Waals surface area (Å²) in [4.78, 5) is 12.9. The molecule has 0 unspecified atom stereocenters. The number of thioether (sulfide) groups is 1. The number of nitrogens with zero attached hydrogens (tertiary/aromatic N) is 4. The van der Waals surface area contributed by atoms with Crippen molar-refractivity contribution >= 4 is 23.4 Å². The molecule has 0 N–H and O–H groups in total. The first-order chi connectivity index (χ1) is 11.8. The summed E-state index contributed by atoms with van der Waals surface area (Å²) in [5, 5.41) is 0. The fraction of sp³-hybridized carbons (Fsp3) is 0.368. The number of rotatable bonds is 4. The lowest BCUT2D eigenvalue weighted by Crippen LogP contribution is -2.23. The Morgan fingerprint density at radius 1 is 1.12 bits per heavy atom. The summed E-state index contributed by atoms with van der Waals surface area (Å²) in [6.07, 6.45) is 9.43. The number of fused-ring (bicyclic) bond motifs is 1. The third-order valence-corrected chi connectivity index (χ3v) is 5.51. The third-order valence-electron chi connectivity index (χ3n) is 4.77. The van der Waals surface area contributed by atoms with Crippen molar-refractivity contribution in [1.29, 1.82) is 0 Å². The van der Waals surface area contributed by atoms with Crippen molar-refractivity contribution in [2.24, 2.45) is 0 Å².